The quantitative estimate of drug-likeness (QED) is 0.794. The molecule has 124 valence electrons. The van der Waals surface area contributed by atoms with Crippen molar-refractivity contribution in [2.24, 2.45) is 0 Å². The molecule has 0 saturated carbocycles. The molecule has 1 heterocycles. The van der Waals surface area contributed by atoms with Crippen LogP contribution in [0.25, 0.3) is 0 Å². The molecule has 1 aliphatic carbocycles. The summed E-state index contributed by atoms with van der Waals surface area (Å²) in [5.41, 5.74) is 2.61. The highest BCUT2D eigenvalue weighted by molar-refractivity contribution is 5.94. The van der Waals surface area contributed by atoms with Gasteiger partial charge in [0, 0.05) is 11.0 Å². The van der Waals surface area contributed by atoms with Crippen LogP contribution in [0.2, 0.25) is 0 Å². The maximum absolute atomic E-state index is 12.6. The van der Waals surface area contributed by atoms with Crippen LogP contribution in [-0.4, -0.2) is 30.2 Å². The third-order valence-electron chi connectivity index (χ3n) is 5.53. The van der Waals surface area contributed by atoms with Crippen LogP contribution in [0.15, 0.2) is 54.6 Å². The molecule has 0 unspecified atom stereocenters. The van der Waals surface area contributed by atoms with E-state index in [0.29, 0.717) is 5.56 Å². The molecule has 4 rings (SSSR count). The number of aliphatic hydroxyl groups excluding tert-OH is 1. The first-order valence-corrected chi connectivity index (χ1v) is 8.56. The van der Waals surface area contributed by atoms with E-state index in [0.717, 1.165) is 31.5 Å². The Morgan fingerprint density at radius 3 is 2.46 bits per heavy atom. The van der Waals surface area contributed by atoms with Crippen molar-refractivity contribution in [1.29, 1.82) is 0 Å². The SMILES string of the molecule is O=C(N[C@@H]1c2ccccc2C2(CCNCC2)[C@H]1O)c1ccccc1. The summed E-state index contributed by atoms with van der Waals surface area (Å²) in [7, 11) is 0. The zero-order valence-electron chi connectivity index (χ0n) is 13.5. The average molecular weight is 322 g/mol. The van der Waals surface area contributed by atoms with E-state index >= 15 is 0 Å². The second kappa shape index (κ2) is 6.04. The van der Waals surface area contributed by atoms with Crippen LogP contribution in [0.3, 0.4) is 0 Å². The van der Waals surface area contributed by atoms with Crippen LogP contribution in [0.5, 0.6) is 0 Å². The minimum atomic E-state index is -0.593. The molecule has 0 bridgehead atoms. The molecule has 2 aromatic carbocycles. The van der Waals surface area contributed by atoms with Gasteiger partial charge in [-0.25, -0.2) is 0 Å². The Morgan fingerprint density at radius 2 is 1.71 bits per heavy atom. The number of hydrogen-bond donors (Lipinski definition) is 3. The van der Waals surface area contributed by atoms with Crippen LogP contribution in [0, 0.1) is 0 Å². The Labute approximate surface area is 141 Å². The fourth-order valence-corrected chi connectivity index (χ4v) is 4.28. The summed E-state index contributed by atoms with van der Waals surface area (Å²) in [6.07, 6.45) is 1.19. The normalized spacial score (nSPS) is 24.5. The number of nitrogens with one attached hydrogen (secondary N) is 2. The zero-order valence-corrected chi connectivity index (χ0v) is 13.5. The van der Waals surface area contributed by atoms with Crippen LogP contribution < -0.4 is 10.6 Å². The van der Waals surface area contributed by atoms with Gasteiger partial charge in [0.25, 0.3) is 5.91 Å². The maximum atomic E-state index is 12.6. The van der Waals surface area contributed by atoms with Crippen molar-refractivity contribution in [2.45, 2.75) is 30.4 Å². The molecular weight excluding hydrogens is 300 g/mol. The Balaban J connectivity index is 1.68. The predicted molar refractivity (Wildman–Crippen MR) is 92.9 cm³/mol. The van der Waals surface area contributed by atoms with Crippen LogP contribution in [0.1, 0.15) is 40.4 Å². The molecule has 1 amide bonds. The van der Waals surface area contributed by atoms with Crippen LogP contribution >= 0.6 is 0 Å². The van der Waals surface area contributed by atoms with E-state index in [9.17, 15) is 9.90 Å². The standard InChI is InChI=1S/C20H22N2O2/c23-18-17(22-19(24)14-6-2-1-3-7-14)15-8-4-5-9-16(15)20(18)10-12-21-13-11-20/h1-9,17-18,21,23H,10-13H2,(H,22,24)/t17-,18+/m1/s1. The lowest BCUT2D eigenvalue weighted by atomic mass is 9.72. The number of amides is 1. The molecule has 4 nitrogen and oxygen atoms in total. The molecule has 2 aromatic rings. The van der Waals surface area contributed by atoms with Crippen molar-refractivity contribution >= 4 is 5.91 Å². The second-order valence-electron chi connectivity index (χ2n) is 6.76. The molecule has 1 spiro atoms. The summed E-state index contributed by atoms with van der Waals surface area (Å²) in [5.74, 6) is -0.138. The van der Waals surface area contributed by atoms with Crippen LogP contribution in [0.4, 0.5) is 0 Å². The summed E-state index contributed by atoms with van der Waals surface area (Å²) in [6.45, 7) is 1.79. The Kier molecular flexibility index (Phi) is 3.87. The zero-order chi connectivity index (χ0) is 16.6. The highest BCUT2D eigenvalue weighted by Crippen LogP contribution is 2.50. The van der Waals surface area contributed by atoms with E-state index in [1.807, 2.05) is 36.4 Å². The molecule has 24 heavy (non-hydrogen) atoms. The summed E-state index contributed by atoms with van der Waals surface area (Å²) in [5, 5.41) is 17.6. The fraction of sp³-hybridized carbons (Fsp3) is 0.350. The van der Waals surface area contributed by atoms with Gasteiger partial charge in [-0.3, -0.25) is 4.79 Å². The second-order valence-corrected chi connectivity index (χ2v) is 6.76. The molecule has 4 heteroatoms. The molecular formula is C20H22N2O2. The number of carbonyl (C=O) groups is 1. The van der Waals surface area contributed by atoms with Gasteiger partial charge in [-0.2, -0.15) is 0 Å². The number of piperidine rings is 1. The first-order valence-electron chi connectivity index (χ1n) is 8.56. The van der Waals surface area contributed by atoms with Crippen molar-refractivity contribution in [3.63, 3.8) is 0 Å². The smallest absolute Gasteiger partial charge is 0.251 e. The third-order valence-corrected chi connectivity index (χ3v) is 5.53. The van der Waals surface area contributed by atoms with E-state index in [4.69, 9.17) is 0 Å². The van der Waals surface area contributed by atoms with Gasteiger partial charge in [0.15, 0.2) is 0 Å². The lowest BCUT2D eigenvalue weighted by Gasteiger charge is -2.38. The van der Waals surface area contributed by atoms with Gasteiger partial charge in [-0.15, -0.1) is 0 Å². The number of carbonyl (C=O) groups excluding carboxylic acids is 1. The van der Waals surface area contributed by atoms with Crippen molar-refractivity contribution in [3.05, 3.63) is 71.3 Å². The monoisotopic (exact) mass is 322 g/mol. The van der Waals surface area contributed by atoms with Gasteiger partial charge in [-0.05, 0) is 49.2 Å². The first-order chi connectivity index (χ1) is 11.7. The van der Waals surface area contributed by atoms with Gasteiger partial charge in [-0.1, -0.05) is 42.5 Å². The summed E-state index contributed by atoms with van der Waals surface area (Å²) in [6, 6.07) is 17.0. The lowest BCUT2D eigenvalue weighted by Crippen LogP contribution is -2.48. The minimum Gasteiger partial charge on any atom is -0.390 e. The third kappa shape index (κ3) is 2.34. The molecule has 1 fully saturated rings. The molecule has 1 saturated heterocycles. The van der Waals surface area contributed by atoms with E-state index in [1.54, 1.807) is 12.1 Å². The van der Waals surface area contributed by atoms with Crippen molar-refractivity contribution < 1.29 is 9.90 Å². The van der Waals surface area contributed by atoms with E-state index in [1.165, 1.54) is 5.56 Å². The van der Waals surface area contributed by atoms with E-state index in [2.05, 4.69) is 16.7 Å². The van der Waals surface area contributed by atoms with Gasteiger partial charge in [0.05, 0.1) is 12.1 Å². The van der Waals surface area contributed by atoms with Gasteiger partial charge in [0.1, 0.15) is 0 Å². The van der Waals surface area contributed by atoms with E-state index in [-0.39, 0.29) is 17.4 Å². The van der Waals surface area contributed by atoms with Crippen LogP contribution in [-0.2, 0) is 5.41 Å². The molecule has 0 aromatic heterocycles. The average Bonchev–Trinajstić information content (AvgIpc) is 2.86. The maximum Gasteiger partial charge on any atom is 0.251 e. The highest BCUT2D eigenvalue weighted by Gasteiger charge is 2.52. The Bertz CT molecular complexity index is 738. The number of fused-ring (bicyclic) bond motifs is 2. The summed E-state index contributed by atoms with van der Waals surface area (Å²) < 4.78 is 0. The highest BCUT2D eigenvalue weighted by atomic mass is 16.3. The first kappa shape index (κ1) is 15.4. The number of benzene rings is 2. The van der Waals surface area contributed by atoms with E-state index < -0.39 is 6.10 Å². The molecule has 2 atom stereocenters. The minimum absolute atomic E-state index is 0.138. The summed E-state index contributed by atoms with van der Waals surface area (Å²) >= 11 is 0. The topological polar surface area (TPSA) is 61.4 Å². The molecule has 0 radical (unpaired) electrons. The lowest BCUT2D eigenvalue weighted by molar-refractivity contribution is 0.0418. The van der Waals surface area contributed by atoms with Crippen molar-refractivity contribution in [1.82, 2.24) is 10.6 Å². The fourth-order valence-electron chi connectivity index (χ4n) is 4.28. The largest absolute Gasteiger partial charge is 0.390 e. The molecule has 1 aliphatic heterocycles. The van der Waals surface area contributed by atoms with Crippen molar-refractivity contribution in [2.75, 3.05) is 13.1 Å². The number of rotatable bonds is 2. The summed E-state index contributed by atoms with van der Waals surface area (Å²) in [4.78, 5) is 12.6. The Morgan fingerprint density at radius 1 is 1.04 bits per heavy atom. The predicted octanol–water partition coefficient (Wildman–Crippen LogP) is 2.15. The van der Waals surface area contributed by atoms with Gasteiger partial charge < -0.3 is 15.7 Å². The number of aliphatic hydroxyl groups is 1. The number of hydrogen-bond acceptors (Lipinski definition) is 3. The molecule has 3 N–H and O–H groups in total. The van der Waals surface area contributed by atoms with Crippen molar-refractivity contribution in [3.8, 4) is 0 Å². The Hall–Kier alpha value is -2.17. The molecule has 2 aliphatic rings. The van der Waals surface area contributed by atoms with Gasteiger partial charge in [0.2, 0.25) is 0 Å². The van der Waals surface area contributed by atoms with Gasteiger partial charge >= 0.3 is 0 Å².